The summed E-state index contributed by atoms with van der Waals surface area (Å²) in [5.41, 5.74) is 4.83. The average Bonchev–Trinajstić information content (AvgIpc) is 3.24. The first-order valence-electron chi connectivity index (χ1n) is 9.61. The molecule has 0 aromatic carbocycles. The number of anilines is 1. The average molecular weight is 590 g/mol. The second-order valence-corrected chi connectivity index (χ2v) is 9.88. The number of carbonyl (C=O) groups excluding carboxylic acids is 3. The van der Waals surface area contributed by atoms with Gasteiger partial charge in [0.05, 0.1) is 19.5 Å². The van der Waals surface area contributed by atoms with Crippen molar-refractivity contribution in [2.24, 2.45) is 10.1 Å². The monoisotopic (exact) mass is 589 g/mol. The number of hydrogen-bond acceptors (Lipinski definition) is 15. The Morgan fingerprint density at radius 2 is 2.05 bits per heavy atom. The van der Waals surface area contributed by atoms with Crippen molar-refractivity contribution in [2.75, 3.05) is 31.0 Å². The van der Waals surface area contributed by atoms with Gasteiger partial charge >= 0.3 is 71.1 Å². The second kappa shape index (κ2) is 15.3. The summed E-state index contributed by atoms with van der Waals surface area (Å²) >= 11 is 3.32. The minimum Gasteiger partial charge on any atom is -0.857 e. The van der Waals surface area contributed by atoms with E-state index in [9.17, 15) is 34.5 Å². The van der Waals surface area contributed by atoms with Gasteiger partial charge in [-0.3, -0.25) is 19.5 Å². The number of thioether (sulfide) groups is 2. The van der Waals surface area contributed by atoms with Crippen molar-refractivity contribution >= 4 is 75.4 Å². The fraction of sp³-hybridized carbons (Fsp3) is 0.389. The number of amides is 1. The quantitative estimate of drug-likeness (QED) is 0.0612. The van der Waals surface area contributed by atoms with Crippen LogP contribution in [0.25, 0.3) is 0 Å². The maximum absolute atomic E-state index is 12.8. The maximum Gasteiger partial charge on any atom is 1.00 e. The molecular formula is C18H17N5Na2O9S3. The third-order valence-corrected chi connectivity index (χ3v) is 7.70. The van der Waals surface area contributed by atoms with E-state index in [-0.39, 0.29) is 93.6 Å². The largest absolute Gasteiger partial charge is 1.00 e. The minimum atomic E-state index is -1.58. The Labute approximate surface area is 266 Å². The molecule has 0 saturated carbocycles. The molecule has 1 fully saturated rings. The Morgan fingerprint density at radius 3 is 2.62 bits per heavy atom. The topological polar surface area (TPSA) is 220 Å². The first-order valence-corrected chi connectivity index (χ1v) is 12.5. The molecule has 1 saturated heterocycles. The van der Waals surface area contributed by atoms with E-state index in [1.807, 2.05) is 0 Å². The number of hydrogen-bond donors (Lipinski definition) is 2. The molecule has 0 spiro atoms. The van der Waals surface area contributed by atoms with Gasteiger partial charge in [0.2, 0.25) is 0 Å². The van der Waals surface area contributed by atoms with Gasteiger partial charge in [-0.25, -0.2) is 9.78 Å². The smallest absolute Gasteiger partial charge is 0.857 e. The first kappa shape index (κ1) is 33.7. The van der Waals surface area contributed by atoms with Crippen molar-refractivity contribution in [3.05, 3.63) is 21.7 Å². The summed E-state index contributed by atoms with van der Waals surface area (Å²) in [6, 6.07) is -1.20. The molecule has 1 amide bonds. The molecule has 2 atom stereocenters. The second-order valence-electron chi connectivity index (χ2n) is 6.70. The zero-order valence-corrected chi connectivity index (χ0v) is 26.3. The minimum absolute atomic E-state index is 0. The van der Waals surface area contributed by atoms with Gasteiger partial charge in [0, 0.05) is 27.7 Å². The number of nitrogen functional groups attached to an aromatic ring is 1. The molecule has 2 aliphatic heterocycles. The Morgan fingerprint density at radius 1 is 1.35 bits per heavy atom. The van der Waals surface area contributed by atoms with E-state index in [0.717, 1.165) is 28.0 Å². The number of nitrogens with two attached hydrogens (primary N) is 1. The summed E-state index contributed by atoms with van der Waals surface area (Å²) in [6.45, 7) is -0.936. The number of fused-ring (bicyclic) bond motifs is 1. The molecule has 0 aliphatic carbocycles. The molecule has 2 aliphatic rings. The van der Waals surface area contributed by atoms with Crippen LogP contribution in [-0.4, -0.2) is 87.1 Å². The molecule has 3 rings (SSSR count). The number of carboxylic acid groups (broad SMARTS) is 2. The third kappa shape index (κ3) is 8.34. The van der Waals surface area contributed by atoms with Crippen molar-refractivity contribution in [1.82, 2.24) is 9.88 Å². The summed E-state index contributed by atoms with van der Waals surface area (Å²) in [4.78, 5) is 60.3. The SMILES string of the molecule is COC(=O)CCSC1=C(C(=O)O)N2C(=O)[C@@H](N=C([O-])/C(=N/OCC(=O)[O-])c3csc(N)n3)[C@H]2SC1.[Na+].[Na+]. The zero-order chi connectivity index (χ0) is 25.7. The van der Waals surface area contributed by atoms with Gasteiger partial charge in [0.25, 0.3) is 5.91 Å². The van der Waals surface area contributed by atoms with Crippen LogP contribution in [-0.2, 0) is 28.8 Å². The number of β-lactam (4-membered cyclic amide) rings is 1. The van der Waals surface area contributed by atoms with Crippen LogP contribution < -0.4 is 75.1 Å². The van der Waals surface area contributed by atoms with E-state index in [1.165, 1.54) is 24.3 Å². The predicted octanol–water partition coefficient (Wildman–Crippen LogP) is -8.16. The zero-order valence-electron chi connectivity index (χ0n) is 19.9. The summed E-state index contributed by atoms with van der Waals surface area (Å²) < 4.78 is 4.56. The molecule has 0 bridgehead atoms. The van der Waals surface area contributed by atoms with Crippen LogP contribution in [0.2, 0.25) is 0 Å². The molecule has 188 valence electrons. The number of carboxylic acids is 2. The third-order valence-electron chi connectivity index (χ3n) is 4.48. The van der Waals surface area contributed by atoms with E-state index in [0.29, 0.717) is 4.91 Å². The van der Waals surface area contributed by atoms with E-state index < -0.39 is 53.4 Å². The molecule has 1 aromatic heterocycles. The van der Waals surface area contributed by atoms with Crippen LogP contribution in [0, 0.1) is 0 Å². The fourth-order valence-electron chi connectivity index (χ4n) is 2.96. The molecule has 37 heavy (non-hydrogen) atoms. The Balaban J connectivity index is 0.00000342. The van der Waals surface area contributed by atoms with Gasteiger partial charge in [0.1, 0.15) is 22.5 Å². The van der Waals surface area contributed by atoms with Crippen molar-refractivity contribution in [1.29, 1.82) is 0 Å². The molecule has 3 N–H and O–H groups in total. The van der Waals surface area contributed by atoms with Crippen molar-refractivity contribution in [3.63, 3.8) is 0 Å². The van der Waals surface area contributed by atoms with Crippen LogP contribution in [0.1, 0.15) is 12.1 Å². The van der Waals surface area contributed by atoms with Crippen LogP contribution >= 0.6 is 34.9 Å². The Kier molecular flexibility index (Phi) is 14.0. The van der Waals surface area contributed by atoms with E-state index in [1.54, 1.807) is 0 Å². The number of ether oxygens (including phenoxy) is 1. The van der Waals surface area contributed by atoms with Gasteiger partial charge in [-0.15, -0.1) is 34.9 Å². The number of oxime groups is 1. The Bertz CT molecular complexity index is 1140. The number of thiazole rings is 1. The summed E-state index contributed by atoms with van der Waals surface area (Å²) in [5.74, 6) is -4.60. The van der Waals surface area contributed by atoms with Gasteiger partial charge in [-0.05, 0) is 0 Å². The molecule has 14 nitrogen and oxygen atoms in total. The molecular weight excluding hydrogens is 572 g/mol. The Hall–Kier alpha value is -1.31. The number of methoxy groups -OCH3 is 1. The number of nitrogens with zero attached hydrogens (tertiary/aromatic N) is 4. The van der Waals surface area contributed by atoms with E-state index in [4.69, 9.17) is 5.73 Å². The number of esters is 1. The standard InChI is InChI=1S/C18H19N5O9S3.2Na/c1-31-10(26)2-3-33-8-6-34-16-12(15(28)23(16)13(8)17(29)30)21-14(27)11(22-32-4-9(24)25)7-5-35-18(19)20-7;;/h5,12,16H,2-4,6H2,1H3,(H2,19,20)(H,21,27)(H,24,25)(H,29,30);;/q;2*+1/p-2/b22-11+;;/t12-,16-;;/m1../s1. The van der Waals surface area contributed by atoms with Crippen LogP contribution in [0.3, 0.4) is 0 Å². The van der Waals surface area contributed by atoms with Gasteiger partial charge in [0.15, 0.2) is 17.8 Å². The fourth-order valence-corrected chi connectivity index (χ4v) is 6.06. The van der Waals surface area contributed by atoms with Crippen LogP contribution in [0.5, 0.6) is 0 Å². The van der Waals surface area contributed by atoms with E-state index in [2.05, 4.69) is 24.7 Å². The number of aliphatic carboxylic acids is 2. The van der Waals surface area contributed by atoms with E-state index >= 15 is 0 Å². The van der Waals surface area contributed by atoms with Crippen LogP contribution in [0.4, 0.5) is 5.13 Å². The molecule has 19 heteroatoms. The first-order chi connectivity index (χ1) is 16.6. The predicted molar refractivity (Wildman–Crippen MR) is 122 cm³/mol. The molecule has 0 radical (unpaired) electrons. The number of carbonyl (C=O) groups is 4. The molecule has 1 aromatic rings. The van der Waals surface area contributed by atoms with Crippen LogP contribution in [0.15, 0.2) is 26.1 Å². The summed E-state index contributed by atoms with van der Waals surface area (Å²) in [5, 5.41) is 37.2. The summed E-state index contributed by atoms with van der Waals surface area (Å²) in [6.07, 6.45) is 0.0648. The number of rotatable bonds is 11. The van der Waals surface area contributed by atoms with Gasteiger partial charge in [-0.1, -0.05) is 5.16 Å². The van der Waals surface area contributed by atoms with Crippen molar-refractivity contribution in [2.45, 2.75) is 17.8 Å². The summed E-state index contributed by atoms with van der Waals surface area (Å²) in [7, 11) is 1.24. The molecule has 0 unspecified atom stereocenters. The van der Waals surface area contributed by atoms with Gasteiger partial charge < -0.3 is 35.4 Å². The maximum atomic E-state index is 12.8. The normalized spacial score (nSPS) is 19.2. The van der Waals surface area contributed by atoms with Gasteiger partial charge in [-0.2, -0.15) is 0 Å². The number of aliphatic imine (C=N–C) groups is 1. The molecule has 3 heterocycles. The van der Waals surface area contributed by atoms with Crippen molar-refractivity contribution < 1.29 is 103 Å². The van der Waals surface area contributed by atoms with Crippen molar-refractivity contribution in [3.8, 4) is 0 Å². The number of aromatic nitrogens is 1.